The number of rotatable bonds is 4. The Kier molecular flexibility index (Phi) is 8.87. The van der Waals surface area contributed by atoms with Crippen LogP contribution in [-0.2, 0) is 13.8 Å². The Hall–Kier alpha value is 1.65. The first kappa shape index (κ1) is 23.9. The summed E-state index contributed by atoms with van der Waals surface area (Å²) in [6.45, 7) is 0. The predicted octanol–water partition coefficient (Wildman–Crippen LogP) is 0.00230. The molecule has 8 heteroatoms. The maximum Gasteiger partial charge on any atom is 1.00 e. The molecule has 0 aliphatic heterocycles. The number of hydrogen-bond donors (Lipinski definition) is 1. The molecule has 3 unspecified atom stereocenters. The van der Waals surface area contributed by atoms with Gasteiger partial charge in [0, 0.05) is 35.5 Å². The summed E-state index contributed by atoms with van der Waals surface area (Å²) in [5.74, 6) is 4.54. The summed E-state index contributed by atoms with van der Waals surface area (Å²) in [6.07, 6.45) is 9.52. The molecule has 5 aliphatic carbocycles. The van der Waals surface area contributed by atoms with E-state index in [-0.39, 0.29) is 65.0 Å². The van der Waals surface area contributed by atoms with Crippen molar-refractivity contribution in [3.05, 3.63) is 11.3 Å². The molecule has 1 N–H and O–H groups in total. The molecule has 137 valence electrons. The molecule has 0 spiro atoms. The number of hydrogen-bond acceptors (Lipinski definition) is 4. The number of phosphoric acid groups is 1. The van der Waals surface area contributed by atoms with Crippen LogP contribution >= 0.6 is 7.82 Å². The summed E-state index contributed by atoms with van der Waals surface area (Å²) in [7, 11) is -2.89. The molecule has 0 aromatic rings. The Labute approximate surface area is 200 Å². The van der Waals surface area contributed by atoms with Crippen LogP contribution in [0, 0.1) is 29.6 Å². The quantitative estimate of drug-likeness (QED) is 0.408. The SMILES string of the molecule is COC(=C1C2CC3CC(C2)CC1C3)C1CCCC(OP(=O)([O-])O)C1.[Na+].[Na]. The molecule has 0 saturated heterocycles. The predicted molar refractivity (Wildman–Crippen MR) is 93.5 cm³/mol. The maximum absolute atomic E-state index is 11.1. The van der Waals surface area contributed by atoms with Crippen molar-refractivity contribution in [1.82, 2.24) is 0 Å². The third-order valence-corrected chi connectivity index (χ3v) is 7.37. The molecule has 0 amide bonds. The number of methoxy groups -OCH3 is 1. The van der Waals surface area contributed by atoms with Gasteiger partial charge in [-0.25, -0.2) is 0 Å². The van der Waals surface area contributed by atoms with Crippen LogP contribution in [0.15, 0.2) is 11.3 Å². The van der Waals surface area contributed by atoms with Crippen molar-refractivity contribution in [2.24, 2.45) is 29.6 Å². The Balaban J connectivity index is 0.00000121. The second-order valence-corrected chi connectivity index (χ2v) is 9.54. The summed E-state index contributed by atoms with van der Waals surface area (Å²) < 4.78 is 21.9. The second kappa shape index (κ2) is 9.64. The maximum atomic E-state index is 11.1. The van der Waals surface area contributed by atoms with Gasteiger partial charge in [0.05, 0.1) is 19.0 Å². The smallest absolute Gasteiger partial charge is 0.756 e. The van der Waals surface area contributed by atoms with Gasteiger partial charge >= 0.3 is 29.6 Å². The minimum absolute atomic E-state index is 0. The van der Waals surface area contributed by atoms with Gasteiger partial charge in [0.2, 0.25) is 0 Å². The summed E-state index contributed by atoms with van der Waals surface area (Å²) in [5, 5.41) is 0. The van der Waals surface area contributed by atoms with E-state index in [2.05, 4.69) is 0 Å². The van der Waals surface area contributed by atoms with Crippen molar-refractivity contribution >= 4 is 37.4 Å². The van der Waals surface area contributed by atoms with Crippen LogP contribution in [0.5, 0.6) is 0 Å². The molecule has 0 aromatic heterocycles. The average Bonchev–Trinajstić information content (AvgIpc) is 2.48. The van der Waals surface area contributed by atoms with Gasteiger partial charge in [0.1, 0.15) is 0 Å². The number of allylic oxidation sites excluding steroid dienone is 2. The van der Waals surface area contributed by atoms with E-state index < -0.39 is 13.9 Å². The van der Waals surface area contributed by atoms with E-state index in [4.69, 9.17) is 14.2 Å². The summed E-state index contributed by atoms with van der Waals surface area (Å²) >= 11 is 0. The molecule has 5 fully saturated rings. The van der Waals surface area contributed by atoms with E-state index >= 15 is 0 Å². The zero-order valence-corrected chi connectivity index (χ0v) is 21.2. The van der Waals surface area contributed by atoms with Crippen LogP contribution in [0.1, 0.15) is 57.8 Å². The van der Waals surface area contributed by atoms with Crippen molar-refractivity contribution in [1.29, 1.82) is 0 Å². The molecule has 26 heavy (non-hydrogen) atoms. The molecule has 0 aromatic carbocycles. The van der Waals surface area contributed by atoms with Gasteiger partial charge in [-0.05, 0) is 80.6 Å². The van der Waals surface area contributed by atoms with Gasteiger partial charge in [0.25, 0.3) is 7.82 Å². The fourth-order valence-electron chi connectivity index (χ4n) is 6.28. The van der Waals surface area contributed by atoms with Gasteiger partial charge in [0.15, 0.2) is 0 Å². The molecular formula is C18H28Na2O5P. The first-order valence-corrected chi connectivity index (χ1v) is 10.9. The van der Waals surface area contributed by atoms with E-state index in [9.17, 15) is 9.46 Å². The molecule has 5 nitrogen and oxygen atoms in total. The first-order chi connectivity index (χ1) is 11.4. The Bertz CT molecular complexity index is 546. The summed E-state index contributed by atoms with van der Waals surface area (Å²) in [5.41, 5.74) is 1.55. The molecule has 5 aliphatic rings. The van der Waals surface area contributed by atoms with E-state index in [1.54, 1.807) is 12.7 Å². The van der Waals surface area contributed by atoms with Crippen molar-refractivity contribution in [2.45, 2.75) is 63.9 Å². The van der Waals surface area contributed by atoms with Crippen molar-refractivity contribution in [3.8, 4) is 0 Å². The normalized spacial score (nSPS) is 40.2. The third-order valence-electron chi connectivity index (χ3n) is 6.80. The molecular weight excluding hydrogens is 373 g/mol. The van der Waals surface area contributed by atoms with Crippen LogP contribution in [0.2, 0.25) is 0 Å². The minimum Gasteiger partial charge on any atom is -0.756 e. The van der Waals surface area contributed by atoms with Crippen molar-refractivity contribution < 1.29 is 53.2 Å². The van der Waals surface area contributed by atoms with E-state index in [1.165, 1.54) is 32.1 Å². The van der Waals surface area contributed by atoms with E-state index in [0.29, 0.717) is 24.7 Å². The summed E-state index contributed by atoms with van der Waals surface area (Å²) in [6, 6.07) is 0. The Morgan fingerprint density at radius 2 is 1.65 bits per heavy atom. The monoisotopic (exact) mass is 401 g/mol. The fourth-order valence-corrected chi connectivity index (χ4v) is 6.85. The Morgan fingerprint density at radius 3 is 2.15 bits per heavy atom. The Morgan fingerprint density at radius 1 is 1.08 bits per heavy atom. The van der Waals surface area contributed by atoms with Gasteiger partial charge in [-0.15, -0.1) is 0 Å². The topological polar surface area (TPSA) is 78.8 Å². The zero-order chi connectivity index (χ0) is 16.9. The molecule has 5 rings (SSSR count). The van der Waals surface area contributed by atoms with Crippen LogP contribution in [0.3, 0.4) is 0 Å². The van der Waals surface area contributed by atoms with Crippen LogP contribution in [0.4, 0.5) is 0 Å². The second-order valence-electron chi connectivity index (χ2n) is 8.39. The fraction of sp³-hybridized carbons (Fsp3) is 0.889. The zero-order valence-electron chi connectivity index (χ0n) is 16.4. The largest absolute Gasteiger partial charge is 1.00 e. The molecule has 1 radical (unpaired) electrons. The van der Waals surface area contributed by atoms with Crippen molar-refractivity contribution in [3.63, 3.8) is 0 Å². The van der Waals surface area contributed by atoms with Gasteiger partial charge in [-0.2, -0.15) is 0 Å². The summed E-state index contributed by atoms with van der Waals surface area (Å²) in [4.78, 5) is 20.1. The van der Waals surface area contributed by atoms with E-state index in [1.807, 2.05) is 0 Å². The van der Waals surface area contributed by atoms with Crippen LogP contribution in [-0.4, -0.2) is 47.7 Å². The average molecular weight is 401 g/mol. The van der Waals surface area contributed by atoms with Gasteiger partial charge < -0.3 is 19.0 Å². The van der Waals surface area contributed by atoms with E-state index in [0.717, 1.165) is 30.4 Å². The molecule has 0 heterocycles. The van der Waals surface area contributed by atoms with Crippen LogP contribution < -0.4 is 34.5 Å². The standard InChI is InChI=1S/C18H29O5P.2Na/c1-22-18(13-3-2-4-16(10-13)23-24(19,20)21)17-14-6-11-5-12(8-14)9-15(17)7-11;;/h11-16H,2-10H2,1H3,(H2,19,20,21);;/q;;+1/p-1. The number of phosphoric ester groups is 1. The molecule has 4 bridgehead atoms. The van der Waals surface area contributed by atoms with Gasteiger partial charge in [-0.3, -0.25) is 4.57 Å². The van der Waals surface area contributed by atoms with Crippen LogP contribution in [0.25, 0.3) is 0 Å². The van der Waals surface area contributed by atoms with Crippen molar-refractivity contribution in [2.75, 3.05) is 7.11 Å². The minimum atomic E-state index is -4.66. The molecule has 3 atom stereocenters. The molecule has 5 saturated carbocycles. The van der Waals surface area contributed by atoms with Gasteiger partial charge in [-0.1, -0.05) is 6.42 Å². The third kappa shape index (κ3) is 5.22. The first-order valence-electron chi connectivity index (χ1n) is 9.43. The number of ether oxygens (including phenoxy) is 1.